The summed E-state index contributed by atoms with van der Waals surface area (Å²) in [6, 6.07) is 26.2. The summed E-state index contributed by atoms with van der Waals surface area (Å²) < 4.78 is 20.5. The van der Waals surface area contributed by atoms with Crippen LogP contribution in [-0.2, 0) is 16.1 Å². The summed E-state index contributed by atoms with van der Waals surface area (Å²) in [7, 11) is 0. The zero-order valence-corrected chi connectivity index (χ0v) is 22.2. The van der Waals surface area contributed by atoms with Crippen molar-refractivity contribution in [3.05, 3.63) is 96.1 Å². The van der Waals surface area contributed by atoms with E-state index < -0.39 is 18.5 Å². The fourth-order valence-electron chi connectivity index (χ4n) is 5.02. The van der Waals surface area contributed by atoms with Gasteiger partial charge in [0.1, 0.15) is 6.10 Å². The number of rotatable bonds is 10. The van der Waals surface area contributed by atoms with E-state index in [1.54, 1.807) is 24.3 Å². The molecule has 40 heavy (non-hydrogen) atoms. The van der Waals surface area contributed by atoms with Crippen LogP contribution in [0.1, 0.15) is 28.8 Å². The summed E-state index contributed by atoms with van der Waals surface area (Å²) in [5.41, 5.74) is 3.16. The summed E-state index contributed by atoms with van der Waals surface area (Å²) in [6.45, 7) is 2.50. The molecule has 2 aliphatic rings. The molecule has 5 rings (SSSR count). The van der Waals surface area contributed by atoms with E-state index in [2.05, 4.69) is 5.32 Å². The lowest BCUT2D eigenvalue weighted by molar-refractivity contribution is -0.121. The summed E-state index contributed by atoms with van der Waals surface area (Å²) in [6.07, 6.45) is -1.94. The van der Waals surface area contributed by atoms with Gasteiger partial charge in [0, 0.05) is 49.4 Å². The molecule has 3 aromatic rings. The highest BCUT2D eigenvalue weighted by Crippen LogP contribution is 2.28. The molecule has 2 aliphatic heterocycles. The van der Waals surface area contributed by atoms with Crippen LogP contribution in [0.25, 0.3) is 0 Å². The number of alkyl halides is 1. The zero-order chi connectivity index (χ0) is 27.9. The highest BCUT2D eigenvalue weighted by atomic mass is 19.1. The molecule has 8 nitrogen and oxygen atoms in total. The second-order valence-electron chi connectivity index (χ2n) is 10.1. The minimum atomic E-state index is -1.11. The number of amides is 2. The summed E-state index contributed by atoms with van der Waals surface area (Å²) in [5.74, 6) is -0.362. The Balaban J connectivity index is 1.10. The van der Waals surface area contributed by atoms with Crippen LogP contribution in [0, 0.1) is 0 Å². The Bertz CT molecular complexity index is 1320. The van der Waals surface area contributed by atoms with Gasteiger partial charge < -0.3 is 15.0 Å². The predicted molar refractivity (Wildman–Crippen MR) is 151 cm³/mol. The van der Waals surface area contributed by atoms with Gasteiger partial charge in [0.25, 0.3) is 0 Å². The number of anilines is 2. The Morgan fingerprint density at radius 3 is 2.35 bits per heavy atom. The first-order valence-electron chi connectivity index (χ1n) is 13.6. The third kappa shape index (κ3) is 6.84. The topological polar surface area (TPSA) is 82.2 Å². The van der Waals surface area contributed by atoms with E-state index >= 15 is 4.39 Å². The first-order chi connectivity index (χ1) is 19.5. The van der Waals surface area contributed by atoms with Crippen molar-refractivity contribution in [2.75, 3.05) is 42.5 Å². The number of nitrogens with zero attached hydrogens (tertiary/aromatic N) is 3. The molecule has 2 fully saturated rings. The molecule has 1 unspecified atom stereocenters. The highest BCUT2D eigenvalue weighted by molar-refractivity contribution is 5.98. The van der Waals surface area contributed by atoms with Crippen molar-refractivity contribution in [1.82, 2.24) is 10.2 Å². The minimum absolute atomic E-state index is 0.0638. The molecule has 2 saturated heterocycles. The summed E-state index contributed by atoms with van der Waals surface area (Å²) >= 11 is 0. The molecular formula is C31H33FN4O4. The van der Waals surface area contributed by atoms with Crippen LogP contribution >= 0.6 is 0 Å². The van der Waals surface area contributed by atoms with Gasteiger partial charge in [0.15, 0.2) is 12.1 Å². The molecule has 0 saturated carbocycles. The minimum Gasteiger partial charge on any atom is -0.442 e. The fourth-order valence-corrected chi connectivity index (χ4v) is 5.02. The van der Waals surface area contributed by atoms with Gasteiger partial charge in [-0.3, -0.25) is 19.4 Å². The van der Waals surface area contributed by atoms with Crippen molar-refractivity contribution in [2.24, 2.45) is 0 Å². The SMILES string of the molecule is O=C(CCC(=O)c1ccccc1)NCC1CN(c2cccc(N3CCN(Cc4ccccc4)[C@@H](F)C3)c2)C(=O)O1. The summed E-state index contributed by atoms with van der Waals surface area (Å²) in [5, 5.41) is 2.76. The lowest BCUT2D eigenvalue weighted by Gasteiger charge is -2.39. The highest BCUT2D eigenvalue weighted by Gasteiger charge is 2.33. The standard InChI is InChI=1S/C31H33FN4O4/c32-29-22-34(16-17-35(29)20-23-8-3-1-4-9-23)25-12-7-13-26(18-25)36-21-27(40-31(36)39)19-33-30(38)15-14-28(37)24-10-5-2-6-11-24/h1-13,18,27,29H,14-17,19-22H2,(H,33,38)/t27?,29-/m1/s1. The number of cyclic esters (lactones) is 1. The monoisotopic (exact) mass is 544 g/mol. The molecule has 0 aliphatic carbocycles. The van der Waals surface area contributed by atoms with Crippen LogP contribution in [0.2, 0.25) is 0 Å². The van der Waals surface area contributed by atoms with Gasteiger partial charge in [-0.05, 0) is 23.8 Å². The fraction of sp³-hybridized carbons (Fsp3) is 0.323. The Labute approximate surface area is 233 Å². The first kappa shape index (κ1) is 27.3. The maximum Gasteiger partial charge on any atom is 0.414 e. The number of hydrogen-bond donors (Lipinski definition) is 1. The molecule has 9 heteroatoms. The molecule has 1 N–H and O–H groups in total. The van der Waals surface area contributed by atoms with Crippen LogP contribution < -0.4 is 15.1 Å². The average Bonchev–Trinajstić information content (AvgIpc) is 3.37. The Morgan fingerprint density at radius 2 is 1.60 bits per heavy atom. The maximum absolute atomic E-state index is 15.1. The van der Waals surface area contributed by atoms with Gasteiger partial charge in [-0.2, -0.15) is 0 Å². The molecular weight excluding hydrogens is 511 g/mol. The molecule has 0 spiro atoms. The first-order valence-corrected chi connectivity index (χ1v) is 13.6. The molecule has 208 valence electrons. The van der Waals surface area contributed by atoms with Crippen LogP contribution in [0.3, 0.4) is 0 Å². The number of carbonyl (C=O) groups is 3. The number of benzene rings is 3. The normalized spacial score (nSPS) is 19.4. The zero-order valence-electron chi connectivity index (χ0n) is 22.2. The number of hydrogen-bond acceptors (Lipinski definition) is 6. The third-order valence-corrected chi connectivity index (χ3v) is 7.24. The Morgan fingerprint density at radius 1 is 0.875 bits per heavy atom. The number of nitrogens with one attached hydrogen (secondary N) is 1. The number of ketones is 1. The van der Waals surface area contributed by atoms with Crippen LogP contribution in [-0.4, -0.2) is 67.8 Å². The van der Waals surface area contributed by atoms with Crippen LogP contribution in [0.4, 0.5) is 20.6 Å². The van der Waals surface area contributed by atoms with E-state index in [9.17, 15) is 14.4 Å². The van der Waals surface area contributed by atoms with Gasteiger partial charge >= 0.3 is 6.09 Å². The number of piperazine rings is 1. The van der Waals surface area contributed by atoms with Crippen molar-refractivity contribution in [3.63, 3.8) is 0 Å². The second kappa shape index (κ2) is 12.7. The van der Waals surface area contributed by atoms with Gasteiger partial charge in [-0.25, -0.2) is 9.18 Å². The molecule has 0 bridgehead atoms. The van der Waals surface area contributed by atoms with E-state index in [0.29, 0.717) is 30.9 Å². The largest absolute Gasteiger partial charge is 0.442 e. The molecule has 2 amide bonds. The number of carbonyl (C=O) groups excluding carboxylic acids is 3. The Kier molecular flexibility index (Phi) is 8.71. The van der Waals surface area contributed by atoms with Crippen molar-refractivity contribution in [2.45, 2.75) is 31.8 Å². The van der Waals surface area contributed by atoms with E-state index in [-0.39, 0.29) is 44.2 Å². The van der Waals surface area contributed by atoms with E-state index in [1.165, 1.54) is 4.90 Å². The van der Waals surface area contributed by atoms with Gasteiger partial charge in [0.05, 0.1) is 19.6 Å². The number of halogens is 1. The van der Waals surface area contributed by atoms with E-state index in [1.807, 2.05) is 70.5 Å². The van der Waals surface area contributed by atoms with Crippen molar-refractivity contribution < 1.29 is 23.5 Å². The van der Waals surface area contributed by atoms with Gasteiger partial charge in [-0.1, -0.05) is 66.7 Å². The second-order valence-corrected chi connectivity index (χ2v) is 10.1. The predicted octanol–water partition coefficient (Wildman–Crippen LogP) is 4.41. The number of Topliss-reactive ketones (excluding diaryl/α,β-unsaturated/α-hetero) is 1. The van der Waals surface area contributed by atoms with E-state index in [0.717, 1.165) is 11.3 Å². The van der Waals surface area contributed by atoms with E-state index in [4.69, 9.17) is 4.74 Å². The quantitative estimate of drug-likeness (QED) is 0.301. The van der Waals surface area contributed by atoms with Crippen molar-refractivity contribution in [3.8, 4) is 0 Å². The van der Waals surface area contributed by atoms with Crippen LogP contribution in [0.5, 0.6) is 0 Å². The number of ether oxygens (including phenoxy) is 1. The molecule has 2 atom stereocenters. The third-order valence-electron chi connectivity index (χ3n) is 7.24. The summed E-state index contributed by atoms with van der Waals surface area (Å²) in [4.78, 5) is 42.5. The molecule has 0 radical (unpaired) electrons. The lowest BCUT2D eigenvalue weighted by atomic mass is 10.1. The lowest BCUT2D eigenvalue weighted by Crippen LogP contribution is -2.50. The Hall–Kier alpha value is -4.24. The van der Waals surface area contributed by atoms with Crippen molar-refractivity contribution in [1.29, 1.82) is 0 Å². The van der Waals surface area contributed by atoms with Gasteiger partial charge in [0.2, 0.25) is 5.91 Å². The average molecular weight is 545 g/mol. The van der Waals surface area contributed by atoms with Gasteiger partial charge in [-0.15, -0.1) is 0 Å². The molecule has 2 heterocycles. The van der Waals surface area contributed by atoms with Crippen molar-refractivity contribution >= 4 is 29.2 Å². The van der Waals surface area contributed by atoms with Crippen LogP contribution in [0.15, 0.2) is 84.9 Å². The molecule has 3 aromatic carbocycles. The molecule has 0 aromatic heterocycles. The maximum atomic E-state index is 15.1. The smallest absolute Gasteiger partial charge is 0.414 e.